The summed E-state index contributed by atoms with van der Waals surface area (Å²) in [4.78, 5) is 48.8. The standard InChI is InChI=1S/C37H62N2O22/c1-4-12-56-36(53)39-25-28(49)30(22(17-42)58-33(25)55-13-10-8-6-5-7-9-11-23(46)54-3)59-34-29(50)32(27(48)21(16-41)57-34)61-37(35(51)52)14-19(44)24(38-18(2)43)31(60-37)26(47)20(45)15-40/h4,19-22,24-34,40-42,44-45,47-50H,1,5-17H2,2-3H3,(H,38,43)(H,39,53)(H,51,52)/t19?,20?,21?,22?,24-,25?,26?,27+,28?,29?,30-,31?,32?,33-,34?,37+/m1/s1. The van der Waals surface area contributed by atoms with Gasteiger partial charge in [0.15, 0.2) is 12.6 Å². The fraction of sp³-hybridized carbons (Fsp3) is 0.838. The first-order valence-electron chi connectivity index (χ1n) is 19.9. The number of carboxylic acids is 1. The molecule has 0 aliphatic carbocycles. The van der Waals surface area contributed by atoms with E-state index >= 15 is 0 Å². The number of aliphatic hydroxyl groups is 9. The molecule has 2 amide bonds. The van der Waals surface area contributed by atoms with Crippen molar-refractivity contribution in [3.8, 4) is 0 Å². The zero-order valence-corrected chi connectivity index (χ0v) is 34.0. The van der Waals surface area contributed by atoms with Crippen LogP contribution in [0.3, 0.4) is 0 Å². The van der Waals surface area contributed by atoms with Gasteiger partial charge in [-0.15, -0.1) is 0 Å². The van der Waals surface area contributed by atoms with E-state index in [0.29, 0.717) is 19.3 Å². The van der Waals surface area contributed by atoms with Crippen LogP contribution in [0.25, 0.3) is 0 Å². The Bertz CT molecular complexity index is 1400. The maximum absolute atomic E-state index is 12.9. The van der Waals surface area contributed by atoms with Gasteiger partial charge in [-0.2, -0.15) is 0 Å². The highest BCUT2D eigenvalue weighted by molar-refractivity contribution is 5.76. The van der Waals surface area contributed by atoms with Crippen molar-refractivity contribution in [2.75, 3.05) is 40.1 Å². The molecule has 0 aromatic heterocycles. The summed E-state index contributed by atoms with van der Waals surface area (Å²) in [5.74, 6) is -6.09. The van der Waals surface area contributed by atoms with Crippen molar-refractivity contribution in [2.45, 2.75) is 156 Å². The molecule has 24 heteroatoms. The predicted molar refractivity (Wildman–Crippen MR) is 201 cm³/mol. The number of unbranched alkanes of at least 4 members (excludes halogenated alkanes) is 5. The van der Waals surface area contributed by atoms with Crippen LogP contribution in [0.4, 0.5) is 4.79 Å². The van der Waals surface area contributed by atoms with E-state index in [1.54, 1.807) is 0 Å². The van der Waals surface area contributed by atoms with Crippen LogP contribution in [-0.2, 0) is 52.3 Å². The molecule has 0 aromatic rings. The van der Waals surface area contributed by atoms with Crippen molar-refractivity contribution in [3.63, 3.8) is 0 Å². The zero-order valence-electron chi connectivity index (χ0n) is 34.0. The summed E-state index contributed by atoms with van der Waals surface area (Å²) in [7, 11) is 1.33. The Kier molecular flexibility index (Phi) is 21.5. The Labute approximate surface area is 351 Å². The molecule has 3 aliphatic heterocycles. The Morgan fingerprint density at radius 2 is 1.49 bits per heavy atom. The summed E-state index contributed by atoms with van der Waals surface area (Å²) < 4.78 is 44.2. The lowest BCUT2D eigenvalue weighted by Crippen LogP contribution is -2.71. The van der Waals surface area contributed by atoms with Crippen LogP contribution >= 0.6 is 0 Å². The number of aliphatic hydroxyl groups excluding tert-OH is 9. The molecule has 0 saturated carbocycles. The molecule has 0 aromatic carbocycles. The molecule has 24 nitrogen and oxygen atoms in total. The van der Waals surface area contributed by atoms with Gasteiger partial charge in [0, 0.05) is 26.4 Å². The first kappa shape index (κ1) is 52.2. The van der Waals surface area contributed by atoms with E-state index < -0.39 is 142 Å². The largest absolute Gasteiger partial charge is 0.477 e. The van der Waals surface area contributed by atoms with Gasteiger partial charge in [0.25, 0.3) is 5.79 Å². The van der Waals surface area contributed by atoms with Gasteiger partial charge >= 0.3 is 18.0 Å². The van der Waals surface area contributed by atoms with Crippen LogP contribution in [0.15, 0.2) is 12.7 Å². The van der Waals surface area contributed by atoms with E-state index in [-0.39, 0.29) is 19.2 Å². The first-order chi connectivity index (χ1) is 29.0. The molecule has 61 heavy (non-hydrogen) atoms. The van der Waals surface area contributed by atoms with E-state index in [1.165, 1.54) is 13.2 Å². The average molecular weight is 887 g/mol. The molecule has 0 spiro atoms. The first-order valence-corrected chi connectivity index (χ1v) is 19.9. The van der Waals surface area contributed by atoms with Gasteiger partial charge in [0.1, 0.15) is 73.7 Å². The Morgan fingerprint density at radius 3 is 2.08 bits per heavy atom. The highest BCUT2D eigenvalue weighted by Crippen LogP contribution is 2.38. The average Bonchev–Trinajstić information content (AvgIpc) is 3.23. The van der Waals surface area contributed by atoms with Crippen LogP contribution in [0.2, 0.25) is 0 Å². The van der Waals surface area contributed by atoms with E-state index in [4.69, 9.17) is 33.2 Å². The van der Waals surface area contributed by atoms with Crippen LogP contribution in [0, 0.1) is 0 Å². The SMILES string of the molecule is C=CCOC(=O)NC1C(O)[C@H](OC2OC(CO)[C@H](O)C(O[C@]3(C(=O)O)CC(O)[C@@H](NC(C)=O)C(C(O)C(O)CO)O3)C2O)C(CO)O[C@H]1OCCCCCCCCC(=O)OC. The molecule has 3 saturated heterocycles. The minimum Gasteiger partial charge on any atom is -0.477 e. The number of carbonyl (C=O) groups excluding carboxylic acids is 3. The number of ether oxygens (including phenoxy) is 8. The number of hydrogen-bond acceptors (Lipinski definition) is 21. The third-order valence-corrected chi connectivity index (χ3v) is 10.4. The van der Waals surface area contributed by atoms with Gasteiger partial charge in [-0.1, -0.05) is 38.3 Å². The summed E-state index contributed by atoms with van der Waals surface area (Å²) in [6, 6.07) is -3.03. The molecular weight excluding hydrogens is 824 g/mol. The molecule has 3 heterocycles. The second-order valence-corrected chi connectivity index (χ2v) is 14.9. The highest BCUT2D eigenvalue weighted by Gasteiger charge is 2.60. The van der Waals surface area contributed by atoms with Crippen LogP contribution in [0.5, 0.6) is 0 Å². The van der Waals surface area contributed by atoms with Crippen molar-refractivity contribution in [2.24, 2.45) is 0 Å². The Morgan fingerprint density at radius 1 is 0.852 bits per heavy atom. The molecule has 0 bridgehead atoms. The van der Waals surface area contributed by atoms with Gasteiger partial charge in [-0.3, -0.25) is 9.59 Å². The van der Waals surface area contributed by atoms with Gasteiger partial charge in [-0.05, 0) is 12.8 Å². The number of esters is 1. The van der Waals surface area contributed by atoms with Crippen LogP contribution < -0.4 is 10.6 Å². The normalized spacial score (nSPS) is 35.0. The van der Waals surface area contributed by atoms with Crippen LogP contribution in [0.1, 0.15) is 58.3 Å². The van der Waals surface area contributed by atoms with E-state index in [9.17, 15) is 70.2 Å². The third-order valence-electron chi connectivity index (χ3n) is 10.4. The van der Waals surface area contributed by atoms with Gasteiger partial charge in [0.05, 0.1) is 39.1 Å². The van der Waals surface area contributed by atoms with E-state index in [2.05, 4.69) is 21.9 Å². The molecule has 3 aliphatic rings. The second-order valence-electron chi connectivity index (χ2n) is 14.9. The van der Waals surface area contributed by atoms with Crippen molar-refractivity contribution >= 4 is 23.9 Å². The minimum absolute atomic E-state index is 0.0765. The smallest absolute Gasteiger partial charge is 0.407 e. The number of nitrogens with one attached hydrogen (secondary N) is 2. The lowest BCUT2D eigenvalue weighted by Gasteiger charge is -2.50. The zero-order chi connectivity index (χ0) is 45.4. The maximum atomic E-state index is 12.9. The Hall–Kier alpha value is -3.18. The third kappa shape index (κ3) is 14.2. The van der Waals surface area contributed by atoms with E-state index in [0.717, 1.165) is 32.6 Å². The quantitative estimate of drug-likeness (QED) is 0.0247. The number of methoxy groups -OCH3 is 1. The van der Waals surface area contributed by atoms with E-state index in [1.807, 2.05) is 0 Å². The molecule has 3 fully saturated rings. The number of carboxylic acid groups (broad SMARTS) is 1. The molecule has 11 unspecified atom stereocenters. The number of alkyl carbamates (subject to hydrolysis) is 1. The van der Waals surface area contributed by atoms with Gasteiger partial charge in [-0.25, -0.2) is 9.59 Å². The molecule has 16 atom stereocenters. The topological polar surface area (TPSA) is 368 Å². The summed E-state index contributed by atoms with van der Waals surface area (Å²) in [5.41, 5.74) is 0. The van der Waals surface area contributed by atoms with Gasteiger partial charge < -0.3 is 99.6 Å². The number of hydrogen-bond donors (Lipinski definition) is 12. The molecule has 12 N–H and O–H groups in total. The van der Waals surface area contributed by atoms with Crippen molar-refractivity contribution in [3.05, 3.63) is 12.7 Å². The molecular formula is C37H62N2O22. The lowest BCUT2D eigenvalue weighted by molar-refractivity contribution is -0.382. The monoisotopic (exact) mass is 886 g/mol. The summed E-state index contributed by atoms with van der Waals surface area (Å²) >= 11 is 0. The fourth-order valence-corrected chi connectivity index (χ4v) is 7.15. The second kappa shape index (κ2) is 25.2. The lowest BCUT2D eigenvalue weighted by atomic mass is 9.88. The van der Waals surface area contributed by atoms with Crippen molar-refractivity contribution in [1.82, 2.24) is 10.6 Å². The van der Waals surface area contributed by atoms with Crippen molar-refractivity contribution < 1.29 is 108 Å². The predicted octanol–water partition coefficient (Wildman–Crippen LogP) is -4.38. The number of rotatable bonds is 24. The summed E-state index contributed by atoms with van der Waals surface area (Å²) in [6.45, 7) is 1.46. The Balaban J connectivity index is 1.83. The highest BCUT2D eigenvalue weighted by atomic mass is 16.8. The molecule has 0 radical (unpaired) electrons. The fourth-order valence-electron chi connectivity index (χ4n) is 7.15. The maximum Gasteiger partial charge on any atom is 0.407 e. The number of aliphatic carboxylic acids is 1. The van der Waals surface area contributed by atoms with Crippen LogP contribution in [-0.4, -0.2) is 213 Å². The number of carbonyl (C=O) groups is 4. The number of amides is 2. The molecule has 3 rings (SSSR count). The summed E-state index contributed by atoms with van der Waals surface area (Å²) in [5, 5.41) is 111. The molecule has 352 valence electrons. The summed E-state index contributed by atoms with van der Waals surface area (Å²) in [6.07, 6.45) is -20.6. The van der Waals surface area contributed by atoms with Gasteiger partial charge in [0.2, 0.25) is 5.91 Å². The van der Waals surface area contributed by atoms with Crippen molar-refractivity contribution in [1.29, 1.82) is 0 Å². The minimum atomic E-state index is -3.07.